The minimum Gasteiger partial charge on any atom is -0.508 e. The third kappa shape index (κ3) is 10.1. The molecule has 8 rings (SSSR count). The average molecular weight is 953 g/mol. The Labute approximate surface area is 400 Å². The van der Waals surface area contributed by atoms with E-state index in [2.05, 4.69) is 58.6 Å². The van der Waals surface area contributed by atoms with E-state index >= 15 is 0 Å². The van der Waals surface area contributed by atoms with Crippen molar-refractivity contribution in [1.82, 2.24) is 35.1 Å². The van der Waals surface area contributed by atoms with Crippen LogP contribution in [-0.4, -0.2) is 135 Å². The number of phenolic OH excluding ortho intramolecular Hbond substituents is 1. The summed E-state index contributed by atoms with van der Waals surface area (Å²) >= 11 is 0. The molecular formula is C51H68N8O8S. The molecular weight excluding hydrogens is 885 g/mol. The summed E-state index contributed by atoms with van der Waals surface area (Å²) in [6.45, 7) is 9.86. The molecule has 16 nitrogen and oxygen atoms in total. The van der Waals surface area contributed by atoms with E-state index in [9.17, 15) is 28.5 Å². The summed E-state index contributed by atoms with van der Waals surface area (Å²) in [7, 11) is 2.48. The number of carbonyl (C=O) groups excluding carboxylic acids is 4. The van der Waals surface area contributed by atoms with E-state index in [1.807, 2.05) is 25.1 Å². The van der Waals surface area contributed by atoms with Crippen LogP contribution in [0.3, 0.4) is 0 Å². The van der Waals surface area contributed by atoms with Crippen molar-refractivity contribution < 1.29 is 38.0 Å². The minimum absolute atomic E-state index is 0.000615. The number of aryl methyl sites for hydroxylation is 1. The van der Waals surface area contributed by atoms with Crippen LogP contribution >= 0.6 is 0 Å². The zero-order chi connectivity index (χ0) is 48.5. The van der Waals surface area contributed by atoms with Crippen molar-refractivity contribution in [2.45, 2.75) is 110 Å². The SMILES string of the molecule is CCn1c(-c2cccnc2[C@H](C)OC)c2c3cc(ccc31)-c1cc(O)cc(c1)C[C@H](NC(=O)[C@H](C1CCCC1)N(C)C(=O)N1CCS(=O)(=NC)CC1)C(=O)N1CCC[C@H](N1)C(=O)OCC(C)(C)C2. The van der Waals surface area contributed by atoms with Gasteiger partial charge in [0.1, 0.15) is 23.9 Å². The van der Waals surface area contributed by atoms with Gasteiger partial charge in [0, 0.05) is 103 Å². The molecule has 68 heavy (non-hydrogen) atoms. The highest BCUT2D eigenvalue weighted by molar-refractivity contribution is 7.93. The highest BCUT2D eigenvalue weighted by atomic mass is 32.2. The van der Waals surface area contributed by atoms with Crippen molar-refractivity contribution in [2.24, 2.45) is 15.7 Å². The summed E-state index contributed by atoms with van der Waals surface area (Å²) in [5.74, 6) is -0.990. The maximum absolute atomic E-state index is 14.9. The van der Waals surface area contributed by atoms with Gasteiger partial charge in [-0.3, -0.25) is 24.4 Å². The number of fused-ring (bicyclic) bond motifs is 6. The molecule has 2 aromatic carbocycles. The molecule has 3 aliphatic heterocycles. The van der Waals surface area contributed by atoms with E-state index < -0.39 is 51.1 Å². The van der Waals surface area contributed by atoms with Crippen LogP contribution in [0.5, 0.6) is 5.75 Å². The number of benzene rings is 2. The van der Waals surface area contributed by atoms with Gasteiger partial charge in [-0.05, 0) is 111 Å². The molecule has 4 aromatic rings. The van der Waals surface area contributed by atoms with Gasteiger partial charge in [0.05, 0.1) is 24.1 Å². The second-order valence-electron chi connectivity index (χ2n) is 19.8. The summed E-state index contributed by atoms with van der Waals surface area (Å²) in [6.07, 6.45) is 6.33. The number of ether oxygens (including phenoxy) is 2. The van der Waals surface area contributed by atoms with Gasteiger partial charge in [-0.15, -0.1) is 0 Å². The Morgan fingerprint density at radius 3 is 2.51 bits per heavy atom. The van der Waals surface area contributed by atoms with E-state index in [0.29, 0.717) is 31.4 Å². The Morgan fingerprint density at radius 1 is 1.06 bits per heavy atom. The van der Waals surface area contributed by atoms with Crippen molar-refractivity contribution in [3.05, 3.63) is 71.5 Å². The standard InChI is InChI=1S/C51H68N8O8S/c1-8-58-43-18-17-35-29-39(43)40(46(58)38-15-11-19-53-44(38)32(2)66-7)30-51(3,4)31-67-49(63)41-16-12-20-59(55-41)48(62)42(27-33-25-36(35)28-37(60)26-33)54-47(61)45(34-13-9-10-14-34)56(6)50(64)57-21-23-68(65,52-5)24-22-57/h11,15,17-19,25-26,28-29,32,34,41-42,45,55,60H,8-10,12-14,16,20-24,27,30-31H2,1-7H3,(H,54,61)/t32-,41-,42-,45-/m0/s1. The molecule has 4 aliphatic rings. The van der Waals surface area contributed by atoms with E-state index in [1.165, 1.54) is 9.91 Å². The number of rotatable bonds is 8. The van der Waals surface area contributed by atoms with Crippen LogP contribution in [0.25, 0.3) is 33.3 Å². The lowest BCUT2D eigenvalue weighted by Crippen LogP contribution is -2.63. The summed E-state index contributed by atoms with van der Waals surface area (Å²) in [5, 5.41) is 16.9. The van der Waals surface area contributed by atoms with Crippen molar-refractivity contribution in [3.8, 4) is 28.1 Å². The number of hydrogen-bond donors (Lipinski definition) is 3. The fourth-order valence-electron chi connectivity index (χ4n) is 10.7. The van der Waals surface area contributed by atoms with E-state index in [1.54, 1.807) is 44.4 Å². The lowest BCUT2D eigenvalue weighted by molar-refractivity contribution is -0.155. The summed E-state index contributed by atoms with van der Waals surface area (Å²) in [4.78, 5) is 65.7. The highest BCUT2D eigenvalue weighted by Gasteiger charge is 2.41. The van der Waals surface area contributed by atoms with Crippen LogP contribution in [-0.2, 0) is 53.0 Å². The summed E-state index contributed by atoms with van der Waals surface area (Å²) in [6, 6.07) is 12.4. The van der Waals surface area contributed by atoms with Gasteiger partial charge < -0.3 is 34.3 Å². The first-order valence-corrected chi connectivity index (χ1v) is 26.0. The zero-order valence-electron chi connectivity index (χ0n) is 40.6. The maximum Gasteiger partial charge on any atom is 0.324 e. The van der Waals surface area contributed by atoms with Gasteiger partial charge in [0.2, 0.25) is 5.91 Å². The first kappa shape index (κ1) is 48.9. The van der Waals surface area contributed by atoms with Gasteiger partial charge in [0.15, 0.2) is 0 Å². The number of hydrazine groups is 1. The molecule has 5 heterocycles. The Morgan fingerprint density at radius 2 is 1.81 bits per heavy atom. The number of amides is 4. The number of nitrogens with one attached hydrogen (secondary N) is 2. The number of hydrogen-bond acceptors (Lipinski definition) is 11. The fraction of sp³-hybridized carbons (Fsp3) is 0.549. The molecule has 1 saturated carbocycles. The minimum atomic E-state index is -2.38. The van der Waals surface area contributed by atoms with Crippen LogP contribution < -0.4 is 10.7 Å². The average Bonchev–Trinajstić information content (AvgIpc) is 3.98. The number of nitrogens with zero attached hydrogens (tertiary/aromatic N) is 6. The lowest BCUT2D eigenvalue weighted by atomic mass is 9.84. The lowest BCUT2D eigenvalue weighted by Gasteiger charge is -2.39. The first-order chi connectivity index (χ1) is 32.5. The normalized spacial score (nSPS) is 22.0. The largest absolute Gasteiger partial charge is 0.508 e. The van der Waals surface area contributed by atoms with Gasteiger partial charge in [0.25, 0.3) is 5.91 Å². The molecule has 366 valence electrons. The first-order valence-electron chi connectivity index (χ1n) is 24.2. The maximum atomic E-state index is 14.9. The Kier molecular flexibility index (Phi) is 14.5. The van der Waals surface area contributed by atoms with E-state index in [-0.39, 0.29) is 68.0 Å². The molecule has 2 saturated heterocycles. The monoisotopic (exact) mass is 952 g/mol. The summed E-state index contributed by atoms with van der Waals surface area (Å²) < 4.78 is 31.3. The number of pyridine rings is 1. The number of methoxy groups -OCH3 is 1. The van der Waals surface area contributed by atoms with Gasteiger partial charge in [-0.1, -0.05) is 38.8 Å². The zero-order valence-corrected chi connectivity index (χ0v) is 41.4. The van der Waals surface area contributed by atoms with Crippen LogP contribution in [0.2, 0.25) is 0 Å². The topological polar surface area (TPSA) is 188 Å². The highest BCUT2D eigenvalue weighted by Crippen LogP contribution is 2.42. The van der Waals surface area contributed by atoms with E-state index in [4.69, 9.17) is 14.5 Å². The fourth-order valence-corrected chi connectivity index (χ4v) is 12.3. The molecule has 2 aromatic heterocycles. The van der Waals surface area contributed by atoms with Crippen molar-refractivity contribution in [3.63, 3.8) is 0 Å². The third-order valence-electron chi connectivity index (χ3n) is 14.5. The van der Waals surface area contributed by atoms with Gasteiger partial charge >= 0.3 is 12.0 Å². The number of carbonyl (C=O) groups is 4. The Hall–Kier alpha value is -5.52. The van der Waals surface area contributed by atoms with Crippen LogP contribution in [0.1, 0.15) is 89.1 Å². The number of aromatic hydroxyl groups is 1. The number of phenols is 1. The van der Waals surface area contributed by atoms with Crippen molar-refractivity contribution in [2.75, 3.05) is 59.0 Å². The quantitative estimate of drug-likeness (QED) is 0.165. The number of cyclic esters (lactones) is 1. The Balaban J connectivity index is 1.21. The van der Waals surface area contributed by atoms with Crippen LogP contribution in [0.4, 0.5) is 4.79 Å². The molecule has 3 N–H and O–H groups in total. The molecule has 1 aliphatic carbocycles. The van der Waals surface area contributed by atoms with Crippen LogP contribution in [0, 0.1) is 11.3 Å². The molecule has 4 amide bonds. The number of likely N-dealkylation sites (N-methyl/N-ethyl adjacent to an activating group) is 1. The molecule has 17 heteroatoms. The van der Waals surface area contributed by atoms with Crippen LogP contribution in [0.15, 0.2) is 59.1 Å². The third-order valence-corrected chi connectivity index (χ3v) is 16.8. The second-order valence-corrected chi connectivity index (χ2v) is 22.5. The molecule has 0 spiro atoms. The second kappa shape index (κ2) is 20.2. The molecule has 6 bridgehead atoms. The smallest absolute Gasteiger partial charge is 0.324 e. The van der Waals surface area contributed by atoms with E-state index in [0.717, 1.165) is 70.2 Å². The number of aromatic nitrogens is 2. The van der Waals surface area contributed by atoms with Gasteiger partial charge in [-0.2, -0.15) is 0 Å². The Bertz CT molecular complexity index is 2670. The predicted octanol–water partition coefficient (Wildman–Crippen LogP) is 6.48. The number of esters is 1. The summed E-state index contributed by atoms with van der Waals surface area (Å²) in [5.41, 5.74) is 9.64. The molecule has 0 radical (unpaired) electrons. The number of urea groups is 1. The molecule has 4 atom stereocenters. The van der Waals surface area contributed by atoms with Crippen molar-refractivity contribution in [1.29, 1.82) is 0 Å². The predicted molar refractivity (Wildman–Crippen MR) is 262 cm³/mol. The van der Waals surface area contributed by atoms with Gasteiger partial charge in [-0.25, -0.2) is 18.8 Å². The molecule has 3 fully saturated rings. The molecule has 0 unspecified atom stereocenters. The van der Waals surface area contributed by atoms with Crippen molar-refractivity contribution >= 4 is 44.4 Å².